The van der Waals surface area contributed by atoms with E-state index in [0.29, 0.717) is 0 Å². The minimum Gasteiger partial charge on any atom is -0.383 e. The Kier molecular flexibility index (Phi) is 3.66. The van der Waals surface area contributed by atoms with Gasteiger partial charge in [0.25, 0.3) is 0 Å². The van der Waals surface area contributed by atoms with Crippen molar-refractivity contribution in [3.05, 3.63) is 34.4 Å². The number of aryl methyl sites for hydroxylation is 2. The number of benzene rings is 1. The molecular formula is C19H29NO. The molecule has 1 saturated heterocycles. The Hall–Kier alpha value is -0.860. The molecule has 3 rings (SSSR count). The van der Waals surface area contributed by atoms with Crippen LogP contribution in [-0.2, 0) is 12.0 Å². The summed E-state index contributed by atoms with van der Waals surface area (Å²) in [6.07, 6.45) is 5.46. The molecule has 1 heterocycles. The Morgan fingerprint density at radius 1 is 1.19 bits per heavy atom. The predicted molar refractivity (Wildman–Crippen MR) is 87.6 cm³/mol. The first-order valence-electron chi connectivity index (χ1n) is 8.38. The van der Waals surface area contributed by atoms with Crippen molar-refractivity contribution in [2.45, 2.75) is 71.4 Å². The molecule has 2 aliphatic rings. The first kappa shape index (κ1) is 15.1. The van der Waals surface area contributed by atoms with E-state index in [1.165, 1.54) is 35.1 Å². The molecule has 0 radical (unpaired) electrons. The zero-order valence-corrected chi connectivity index (χ0v) is 13.9. The highest BCUT2D eigenvalue weighted by Gasteiger charge is 2.48. The number of fused-ring (bicyclic) bond motifs is 1. The quantitative estimate of drug-likeness (QED) is 0.827. The standard InChI is InChI=1S/C19H29NO/c1-13-9-14(2)17-15(10-13)11-18(3,4)12-19(17,21)16-7-5-6-8-20-16/h9-10,16,20-21H,5-8,11-12H2,1-4H3. The predicted octanol–water partition coefficient (Wildman–Crippen LogP) is 3.61. The molecule has 0 spiro atoms. The SMILES string of the molecule is Cc1cc(C)c2c(c1)CC(C)(C)CC2(O)C1CCCCN1. The van der Waals surface area contributed by atoms with E-state index in [2.05, 4.69) is 45.1 Å². The fraction of sp³-hybridized carbons (Fsp3) is 0.684. The number of piperidine rings is 1. The molecule has 116 valence electrons. The molecule has 1 aromatic carbocycles. The summed E-state index contributed by atoms with van der Waals surface area (Å²) in [4.78, 5) is 0. The molecule has 21 heavy (non-hydrogen) atoms. The van der Waals surface area contributed by atoms with Crippen LogP contribution in [0.4, 0.5) is 0 Å². The minimum atomic E-state index is -0.713. The Morgan fingerprint density at radius 3 is 2.62 bits per heavy atom. The van der Waals surface area contributed by atoms with E-state index in [9.17, 15) is 5.11 Å². The van der Waals surface area contributed by atoms with E-state index in [0.717, 1.165) is 25.8 Å². The summed E-state index contributed by atoms with van der Waals surface area (Å²) >= 11 is 0. The average molecular weight is 287 g/mol. The fourth-order valence-electron chi connectivity index (χ4n) is 4.77. The first-order valence-corrected chi connectivity index (χ1v) is 8.38. The lowest BCUT2D eigenvalue weighted by atomic mass is 9.62. The second kappa shape index (κ2) is 5.10. The van der Waals surface area contributed by atoms with Gasteiger partial charge < -0.3 is 10.4 Å². The van der Waals surface area contributed by atoms with Crippen LogP contribution in [0.15, 0.2) is 12.1 Å². The van der Waals surface area contributed by atoms with Crippen LogP contribution in [0.2, 0.25) is 0 Å². The summed E-state index contributed by atoms with van der Waals surface area (Å²) < 4.78 is 0. The van der Waals surface area contributed by atoms with Gasteiger partial charge in [0.15, 0.2) is 0 Å². The van der Waals surface area contributed by atoms with Crippen molar-refractivity contribution in [1.82, 2.24) is 5.32 Å². The molecule has 1 aromatic rings. The van der Waals surface area contributed by atoms with Crippen molar-refractivity contribution in [2.24, 2.45) is 5.41 Å². The van der Waals surface area contributed by atoms with Gasteiger partial charge in [-0.25, -0.2) is 0 Å². The molecule has 1 aliphatic carbocycles. The van der Waals surface area contributed by atoms with Gasteiger partial charge in [0, 0.05) is 6.04 Å². The number of hydrogen-bond donors (Lipinski definition) is 2. The third-order valence-corrected chi connectivity index (χ3v) is 5.30. The molecule has 1 aliphatic heterocycles. The molecule has 2 heteroatoms. The van der Waals surface area contributed by atoms with Gasteiger partial charge in [0.1, 0.15) is 5.60 Å². The summed E-state index contributed by atoms with van der Waals surface area (Å²) in [5.74, 6) is 0. The minimum absolute atomic E-state index is 0.154. The number of rotatable bonds is 1. The van der Waals surface area contributed by atoms with E-state index in [1.54, 1.807) is 0 Å². The Labute approximate surface area is 129 Å². The van der Waals surface area contributed by atoms with E-state index < -0.39 is 5.60 Å². The highest BCUT2D eigenvalue weighted by molar-refractivity contribution is 5.45. The van der Waals surface area contributed by atoms with Crippen LogP contribution < -0.4 is 5.32 Å². The topological polar surface area (TPSA) is 32.3 Å². The third-order valence-electron chi connectivity index (χ3n) is 5.30. The largest absolute Gasteiger partial charge is 0.383 e. The fourth-order valence-corrected chi connectivity index (χ4v) is 4.77. The second-order valence-electron chi connectivity index (χ2n) is 8.06. The maximum atomic E-state index is 11.7. The molecular weight excluding hydrogens is 258 g/mol. The number of hydrogen-bond acceptors (Lipinski definition) is 2. The van der Waals surface area contributed by atoms with Crippen LogP contribution >= 0.6 is 0 Å². The number of aliphatic hydroxyl groups is 1. The van der Waals surface area contributed by atoms with Crippen molar-refractivity contribution in [1.29, 1.82) is 0 Å². The lowest BCUT2D eigenvalue weighted by Crippen LogP contribution is -2.55. The van der Waals surface area contributed by atoms with Gasteiger partial charge in [0.05, 0.1) is 0 Å². The van der Waals surface area contributed by atoms with Gasteiger partial charge in [-0.1, -0.05) is 38.0 Å². The lowest BCUT2D eigenvalue weighted by molar-refractivity contribution is -0.0573. The van der Waals surface area contributed by atoms with Gasteiger partial charge >= 0.3 is 0 Å². The van der Waals surface area contributed by atoms with Crippen LogP contribution in [0.5, 0.6) is 0 Å². The van der Waals surface area contributed by atoms with Crippen molar-refractivity contribution in [3.8, 4) is 0 Å². The van der Waals surface area contributed by atoms with E-state index in [1.807, 2.05) is 0 Å². The first-order chi connectivity index (χ1) is 9.82. The highest BCUT2D eigenvalue weighted by atomic mass is 16.3. The van der Waals surface area contributed by atoms with E-state index in [4.69, 9.17) is 0 Å². The van der Waals surface area contributed by atoms with Crippen LogP contribution in [-0.4, -0.2) is 17.7 Å². The van der Waals surface area contributed by atoms with Gasteiger partial charge in [-0.05, 0) is 68.2 Å². The van der Waals surface area contributed by atoms with Crippen LogP contribution in [0.3, 0.4) is 0 Å². The van der Waals surface area contributed by atoms with Crippen molar-refractivity contribution < 1.29 is 5.11 Å². The zero-order chi connectivity index (χ0) is 15.3. The van der Waals surface area contributed by atoms with Gasteiger partial charge in [-0.2, -0.15) is 0 Å². The smallest absolute Gasteiger partial charge is 0.106 e. The maximum absolute atomic E-state index is 11.7. The molecule has 0 bridgehead atoms. The van der Waals surface area contributed by atoms with Gasteiger partial charge in [-0.15, -0.1) is 0 Å². The Bertz CT molecular complexity index is 543. The normalized spacial score (nSPS) is 31.8. The molecule has 2 unspecified atom stereocenters. The van der Waals surface area contributed by atoms with Gasteiger partial charge in [-0.3, -0.25) is 0 Å². The van der Waals surface area contributed by atoms with E-state index in [-0.39, 0.29) is 11.5 Å². The van der Waals surface area contributed by atoms with Crippen LogP contribution in [0.25, 0.3) is 0 Å². The lowest BCUT2D eigenvalue weighted by Gasteiger charge is -2.49. The van der Waals surface area contributed by atoms with Crippen LogP contribution in [0, 0.1) is 19.3 Å². The zero-order valence-electron chi connectivity index (χ0n) is 13.9. The molecule has 0 saturated carbocycles. The highest BCUT2D eigenvalue weighted by Crippen LogP contribution is 2.48. The molecule has 0 aromatic heterocycles. The monoisotopic (exact) mass is 287 g/mol. The third kappa shape index (κ3) is 2.64. The second-order valence-corrected chi connectivity index (χ2v) is 8.06. The van der Waals surface area contributed by atoms with Gasteiger partial charge in [0.2, 0.25) is 0 Å². The molecule has 0 amide bonds. The maximum Gasteiger partial charge on any atom is 0.106 e. The van der Waals surface area contributed by atoms with Crippen molar-refractivity contribution in [3.63, 3.8) is 0 Å². The molecule has 2 nitrogen and oxygen atoms in total. The molecule has 2 N–H and O–H groups in total. The summed E-state index contributed by atoms with van der Waals surface area (Å²) in [5, 5.41) is 15.3. The molecule has 2 atom stereocenters. The summed E-state index contributed by atoms with van der Waals surface area (Å²) in [5.41, 5.74) is 4.58. The summed E-state index contributed by atoms with van der Waals surface area (Å²) in [6, 6.07) is 4.72. The number of nitrogens with one attached hydrogen (secondary N) is 1. The molecule has 1 fully saturated rings. The Morgan fingerprint density at radius 2 is 1.95 bits per heavy atom. The summed E-state index contributed by atoms with van der Waals surface area (Å²) in [7, 11) is 0. The van der Waals surface area contributed by atoms with Crippen molar-refractivity contribution in [2.75, 3.05) is 6.54 Å². The summed E-state index contributed by atoms with van der Waals surface area (Å²) in [6.45, 7) is 9.95. The van der Waals surface area contributed by atoms with Crippen molar-refractivity contribution >= 4 is 0 Å². The average Bonchev–Trinajstić information content (AvgIpc) is 2.36. The van der Waals surface area contributed by atoms with Crippen LogP contribution in [0.1, 0.15) is 61.8 Å². The Balaban J connectivity index is 2.12. The van der Waals surface area contributed by atoms with E-state index >= 15 is 0 Å².